The summed E-state index contributed by atoms with van der Waals surface area (Å²) in [7, 11) is 0. The van der Waals surface area contributed by atoms with Gasteiger partial charge in [-0.05, 0) is 25.1 Å². The fourth-order valence-corrected chi connectivity index (χ4v) is 2.34. The Kier molecular flexibility index (Phi) is 4.01. The number of halogens is 1. The molecule has 1 aliphatic heterocycles. The first-order chi connectivity index (χ1) is 9.01. The predicted molar refractivity (Wildman–Crippen MR) is 71.0 cm³/mol. The fourth-order valence-electron chi connectivity index (χ4n) is 2.34. The number of aliphatic hydroxyl groups excluding tert-OH is 1. The second-order valence-corrected chi connectivity index (χ2v) is 4.73. The summed E-state index contributed by atoms with van der Waals surface area (Å²) in [6.45, 7) is 2.94. The molecule has 1 heterocycles. The molecule has 1 saturated heterocycles. The zero-order valence-corrected chi connectivity index (χ0v) is 10.8. The zero-order chi connectivity index (χ0) is 14.0. The quantitative estimate of drug-likeness (QED) is 0.556. The average molecular weight is 267 g/mol. The molecule has 2 rings (SSSR count). The number of anilines is 1. The Balaban J connectivity index is 2.32. The summed E-state index contributed by atoms with van der Waals surface area (Å²) in [5.74, 6) is -0.594. The third-order valence-corrected chi connectivity index (χ3v) is 3.12. The van der Waals surface area contributed by atoms with Crippen molar-refractivity contribution >= 4 is 11.5 Å². The summed E-state index contributed by atoms with van der Waals surface area (Å²) < 4.78 is 18.8. The Morgan fingerprint density at radius 3 is 2.95 bits per heavy atom. The van der Waals surface area contributed by atoms with E-state index in [4.69, 9.17) is 15.9 Å². The van der Waals surface area contributed by atoms with E-state index >= 15 is 0 Å². The number of hydrogen-bond acceptors (Lipinski definition) is 4. The standard InChI is InChI=1S/C13H18FN3O2/c1-8-5-17(6-10(7-18)19-8)12-3-2-9(14)4-11(12)13(15)16/h2-4,8,10,18H,5-7H2,1H3,(H3,15,16). The van der Waals surface area contributed by atoms with Gasteiger partial charge in [-0.2, -0.15) is 0 Å². The van der Waals surface area contributed by atoms with Gasteiger partial charge >= 0.3 is 0 Å². The van der Waals surface area contributed by atoms with Gasteiger partial charge < -0.3 is 20.5 Å². The highest BCUT2D eigenvalue weighted by Gasteiger charge is 2.26. The Morgan fingerprint density at radius 2 is 2.32 bits per heavy atom. The molecule has 1 aromatic rings. The van der Waals surface area contributed by atoms with Gasteiger partial charge in [-0.15, -0.1) is 0 Å². The first-order valence-electron chi connectivity index (χ1n) is 6.16. The number of morpholine rings is 1. The summed E-state index contributed by atoms with van der Waals surface area (Å²) in [4.78, 5) is 1.96. The number of rotatable bonds is 3. The molecule has 2 unspecified atom stereocenters. The highest BCUT2D eigenvalue weighted by molar-refractivity contribution is 6.00. The minimum absolute atomic E-state index is 0.0456. The van der Waals surface area contributed by atoms with Gasteiger partial charge in [0.15, 0.2) is 0 Å². The van der Waals surface area contributed by atoms with Crippen LogP contribution in [0.2, 0.25) is 0 Å². The minimum atomic E-state index is -0.422. The van der Waals surface area contributed by atoms with Crippen molar-refractivity contribution < 1.29 is 14.2 Å². The van der Waals surface area contributed by atoms with Crippen molar-refractivity contribution in [3.63, 3.8) is 0 Å². The summed E-state index contributed by atoms with van der Waals surface area (Å²) in [5.41, 5.74) is 6.56. The molecular formula is C13H18FN3O2. The lowest BCUT2D eigenvalue weighted by atomic mass is 10.1. The monoisotopic (exact) mass is 267 g/mol. The van der Waals surface area contributed by atoms with Gasteiger partial charge in [-0.1, -0.05) is 0 Å². The normalized spacial score (nSPS) is 23.4. The van der Waals surface area contributed by atoms with E-state index in [1.807, 2.05) is 11.8 Å². The number of nitrogens with one attached hydrogen (secondary N) is 1. The average Bonchev–Trinajstić information content (AvgIpc) is 2.37. The Bertz CT molecular complexity index is 481. The van der Waals surface area contributed by atoms with Crippen LogP contribution >= 0.6 is 0 Å². The van der Waals surface area contributed by atoms with Gasteiger partial charge in [0, 0.05) is 24.3 Å². The number of ether oxygens (including phenoxy) is 1. The van der Waals surface area contributed by atoms with Crippen LogP contribution in [-0.4, -0.2) is 42.8 Å². The third kappa shape index (κ3) is 3.02. The fraction of sp³-hybridized carbons (Fsp3) is 0.462. The molecule has 0 aliphatic carbocycles. The topological polar surface area (TPSA) is 82.6 Å². The van der Waals surface area contributed by atoms with Gasteiger partial charge in [-0.3, -0.25) is 5.41 Å². The van der Waals surface area contributed by atoms with Gasteiger partial charge in [0.2, 0.25) is 0 Å². The maximum atomic E-state index is 13.3. The van der Waals surface area contributed by atoms with Crippen molar-refractivity contribution in [3.05, 3.63) is 29.6 Å². The lowest BCUT2D eigenvalue weighted by Gasteiger charge is -2.38. The molecule has 4 N–H and O–H groups in total. The molecule has 0 bridgehead atoms. The number of benzene rings is 1. The molecule has 1 aromatic carbocycles. The Labute approximate surface area is 111 Å². The van der Waals surface area contributed by atoms with Crippen molar-refractivity contribution in [2.45, 2.75) is 19.1 Å². The van der Waals surface area contributed by atoms with Gasteiger partial charge in [-0.25, -0.2) is 4.39 Å². The van der Waals surface area contributed by atoms with Crippen LogP contribution in [0.15, 0.2) is 18.2 Å². The van der Waals surface area contributed by atoms with Crippen LogP contribution in [0.3, 0.4) is 0 Å². The van der Waals surface area contributed by atoms with Crippen molar-refractivity contribution in [1.82, 2.24) is 0 Å². The molecule has 0 radical (unpaired) electrons. The molecule has 19 heavy (non-hydrogen) atoms. The summed E-state index contributed by atoms with van der Waals surface area (Å²) in [6.07, 6.45) is -0.329. The molecule has 1 fully saturated rings. The number of nitrogens with two attached hydrogens (primary N) is 1. The van der Waals surface area contributed by atoms with Gasteiger partial charge in [0.05, 0.1) is 18.8 Å². The van der Waals surface area contributed by atoms with E-state index in [0.29, 0.717) is 24.3 Å². The van der Waals surface area contributed by atoms with E-state index in [9.17, 15) is 9.50 Å². The van der Waals surface area contributed by atoms with E-state index in [1.165, 1.54) is 12.1 Å². The number of aliphatic hydroxyl groups is 1. The highest BCUT2D eigenvalue weighted by Crippen LogP contribution is 2.25. The van der Waals surface area contributed by atoms with Crippen LogP contribution in [0.25, 0.3) is 0 Å². The second kappa shape index (κ2) is 5.54. The lowest BCUT2D eigenvalue weighted by molar-refractivity contribution is -0.0421. The molecule has 0 spiro atoms. The molecule has 0 amide bonds. The van der Waals surface area contributed by atoms with E-state index < -0.39 is 5.82 Å². The van der Waals surface area contributed by atoms with E-state index in [0.717, 1.165) is 0 Å². The zero-order valence-electron chi connectivity index (χ0n) is 10.8. The number of amidine groups is 1. The maximum absolute atomic E-state index is 13.3. The molecule has 0 aromatic heterocycles. The van der Waals surface area contributed by atoms with Crippen molar-refractivity contribution in [3.8, 4) is 0 Å². The molecule has 6 heteroatoms. The molecular weight excluding hydrogens is 249 g/mol. The highest BCUT2D eigenvalue weighted by atomic mass is 19.1. The first kappa shape index (κ1) is 13.8. The van der Waals surface area contributed by atoms with Crippen LogP contribution < -0.4 is 10.6 Å². The molecule has 0 saturated carbocycles. The van der Waals surface area contributed by atoms with Gasteiger partial charge in [0.1, 0.15) is 11.7 Å². The van der Waals surface area contributed by atoms with Crippen molar-refractivity contribution in [2.24, 2.45) is 5.73 Å². The first-order valence-corrected chi connectivity index (χ1v) is 6.16. The minimum Gasteiger partial charge on any atom is -0.394 e. The van der Waals surface area contributed by atoms with Crippen molar-refractivity contribution in [2.75, 3.05) is 24.6 Å². The van der Waals surface area contributed by atoms with Crippen LogP contribution in [-0.2, 0) is 4.74 Å². The second-order valence-electron chi connectivity index (χ2n) is 4.73. The summed E-state index contributed by atoms with van der Waals surface area (Å²) in [6, 6.07) is 4.21. The smallest absolute Gasteiger partial charge is 0.125 e. The Morgan fingerprint density at radius 1 is 1.58 bits per heavy atom. The van der Waals surface area contributed by atoms with Crippen LogP contribution in [0, 0.1) is 11.2 Å². The van der Waals surface area contributed by atoms with Crippen LogP contribution in [0.4, 0.5) is 10.1 Å². The molecule has 5 nitrogen and oxygen atoms in total. The SMILES string of the molecule is CC1CN(c2ccc(F)cc2C(=N)N)CC(CO)O1. The van der Waals surface area contributed by atoms with E-state index in [2.05, 4.69) is 0 Å². The molecule has 1 aliphatic rings. The summed E-state index contributed by atoms with van der Waals surface area (Å²) in [5, 5.41) is 16.8. The summed E-state index contributed by atoms with van der Waals surface area (Å²) >= 11 is 0. The van der Waals surface area contributed by atoms with Crippen LogP contribution in [0.5, 0.6) is 0 Å². The number of hydrogen-bond donors (Lipinski definition) is 3. The predicted octanol–water partition coefficient (Wildman–Crippen LogP) is 0.696. The Hall–Kier alpha value is -1.66. The largest absolute Gasteiger partial charge is 0.394 e. The van der Waals surface area contributed by atoms with Crippen molar-refractivity contribution in [1.29, 1.82) is 5.41 Å². The van der Waals surface area contributed by atoms with E-state index in [1.54, 1.807) is 6.07 Å². The number of nitrogens with zero attached hydrogens (tertiary/aromatic N) is 1. The van der Waals surface area contributed by atoms with Crippen LogP contribution in [0.1, 0.15) is 12.5 Å². The number of nitrogen functional groups attached to an aromatic ring is 1. The van der Waals surface area contributed by atoms with E-state index in [-0.39, 0.29) is 24.7 Å². The molecule has 2 atom stereocenters. The maximum Gasteiger partial charge on any atom is 0.125 e. The lowest BCUT2D eigenvalue weighted by Crippen LogP contribution is -2.48. The molecule has 104 valence electrons. The van der Waals surface area contributed by atoms with Gasteiger partial charge in [0.25, 0.3) is 0 Å². The third-order valence-electron chi connectivity index (χ3n) is 3.12.